The fraction of sp³-hybridized carbons (Fsp3) is 0.0800. The zero-order valence-electron chi connectivity index (χ0n) is 17.0. The molecule has 160 valence electrons. The van der Waals surface area contributed by atoms with E-state index in [1.54, 1.807) is 48.5 Å². The Labute approximate surface area is 189 Å². The molecule has 0 bridgehead atoms. The molecule has 0 saturated carbocycles. The number of benzene rings is 4. The van der Waals surface area contributed by atoms with E-state index in [4.69, 9.17) is 11.6 Å². The largest absolute Gasteiger partial charge is 0.505 e. The van der Waals surface area contributed by atoms with Gasteiger partial charge in [-0.2, -0.15) is 0 Å². The van der Waals surface area contributed by atoms with Crippen LogP contribution in [0.25, 0.3) is 10.8 Å². The predicted molar refractivity (Wildman–Crippen MR) is 129 cm³/mol. The average molecular weight is 446 g/mol. The van der Waals surface area contributed by atoms with Crippen molar-refractivity contribution in [3.8, 4) is 5.75 Å². The summed E-state index contributed by atoms with van der Waals surface area (Å²) in [7, 11) is 0. The van der Waals surface area contributed by atoms with Gasteiger partial charge in [0.1, 0.15) is 17.5 Å². The minimum absolute atomic E-state index is 0.0587. The van der Waals surface area contributed by atoms with Crippen LogP contribution in [-0.2, 0) is 11.2 Å². The number of phenols is 1. The molecule has 4 aromatic carbocycles. The molecule has 0 heterocycles. The number of hydrogen-bond donors (Lipinski definition) is 3. The number of halogens is 1. The van der Waals surface area contributed by atoms with Crippen LogP contribution >= 0.6 is 11.6 Å². The molecule has 6 nitrogen and oxygen atoms in total. The molecule has 7 heteroatoms. The molecule has 32 heavy (non-hydrogen) atoms. The second kappa shape index (κ2) is 9.49. The molecule has 0 aromatic heterocycles. The van der Waals surface area contributed by atoms with Gasteiger partial charge in [-0.1, -0.05) is 78.3 Å². The lowest BCUT2D eigenvalue weighted by Crippen LogP contribution is -2.36. The molecule has 0 fully saturated rings. The van der Waals surface area contributed by atoms with Crippen LogP contribution in [0.2, 0.25) is 5.02 Å². The van der Waals surface area contributed by atoms with Crippen molar-refractivity contribution in [3.63, 3.8) is 0 Å². The van der Waals surface area contributed by atoms with Crippen LogP contribution in [0.15, 0.2) is 90.1 Å². The first-order chi connectivity index (χ1) is 15.6. The van der Waals surface area contributed by atoms with E-state index in [-0.39, 0.29) is 23.0 Å². The second-order valence-corrected chi connectivity index (χ2v) is 7.69. The number of nitrogens with one attached hydrogen (secondary N) is 2. The summed E-state index contributed by atoms with van der Waals surface area (Å²) >= 11 is 6.20. The van der Waals surface area contributed by atoms with Crippen molar-refractivity contribution in [3.05, 3.63) is 100 Å². The number of hydrogen-bond acceptors (Lipinski definition) is 5. The first-order valence-electron chi connectivity index (χ1n) is 10.0. The van der Waals surface area contributed by atoms with E-state index in [9.17, 15) is 14.8 Å². The summed E-state index contributed by atoms with van der Waals surface area (Å²) in [4.78, 5) is 24.6. The molecule has 0 radical (unpaired) electrons. The van der Waals surface area contributed by atoms with Gasteiger partial charge in [0, 0.05) is 17.2 Å². The number of aromatic hydroxyl groups is 1. The van der Waals surface area contributed by atoms with Gasteiger partial charge in [-0.15, -0.1) is 4.91 Å². The lowest BCUT2D eigenvalue weighted by molar-refractivity contribution is -0.116. The Morgan fingerprint density at radius 2 is 1.56 bits per heavy atom. The molecular weight excluding hydrogens is 426 g/mol. The number of carbonyl (C=O) groups excluding carboxylic acids is 1. The van der Waals surface area contributed by atoms with Gasteiger partial charge in [0.2, 0.25) is 5.91 Å². The lowest BCUT2D eigenvalue weighted by Gasteiger charge is -2.21. The van der Waals surface area contributed by atoms with Gasteiger partial charge in [0.05, 0.1) is 16.4 Å². The smallest absolute Gasteiger partial charge is 0.247 e. The maximum Gasteiger partial charge on any atom is 0.247 e. The van der Waals surface area contributed by atoms with Crippen molar-refractivity contribution in [2.45, 2.75) is 12.5 Å². The SMILES string of the molecule is O=Nc1cc(N[C@H](Cc2ccccc2)C(=O)Nc2ccccc2Cl)c(O)c2ccccc12. The topological polar surface area (TPSA) is 90.8 Å². The summed E-state index contributed by atoms with van der Waals surface area (Å²) in [6.07, 6.45) is 0.341. The zero-order valence-corrected chi connectivity index (χ0v) is 17.7. The summed E-state index contributed by atoms with van der Waals surface area (Å²) in [6.45, 7) is 0. The van der Waals surface area contributed by atoms with Crippen LogP contribution in [0.4, 0.5) is 17.1 Å². The molecule has 0 aliphatic rings. The van der Waals surface area contributed by atoms with Crippen molar-refractivity contribution < 1.29 is 9.90 Å². The standard InChI is InChI=1S/C25H20ClN3O3/c26-19-12-6-7-13-20(19)28-25(31)23(14-16-8-2-1-3-9-16)27-22-15-21(29-32)17-10-4-5-11-18(17)24(22)30/h1-13,15,23,27,30H,14H2,(H,28,31)/t23-/m1/s1. The number of rotatable bonds is 7. The summed E-state index contributed by atoms with van der Waals surface area (Å²) in [5, 5.41) is 21.3. The number of nitrogens with zero attached hydrogens (tertiary/aromatic N) is 1. The average Bonchev–Trinajstić information content (AvgIpc) is 2.82. The molecule has 0 unspecified atom stereocenters. The van der Waals surface area contributed by atoms with E-state index in [0.717, 1.165) is 5.56 Å². The van der Waals surface area contributed by atoms with Gasteiger partial charge in [-0.25, -0.2) is 0 Å². The summed E-state index contributed by atoms with van der Waals surface area (Å²) in [6, 6.07) is 24.1. The van der Waals surface area contributed by atoms with Crippen LogP contribution in [0.1, 0.15) is 5.56 Å². The summed E-state index contributed by atoms with van der Waals surface area (Å²) in [5.41, 5.74) is 1.82. The molecule has 1 amide bonds. The molecule has 4 rings (SSSR count). The highest BCUT2D eigenvalue weighted by atomic mass is 35.5. The number of para-hydroxylation sites is 1. The summed E-state index contributed by atoms with van der Waals surface area (Å²) < 4.78 is 0. The Bertz CT molecular complexity index is 1280. The van der Waals surface area contributed by atoms with Crippen LogP contribution < -0.4 is 10.6 Å². The van der Waals surface area contributed by atoms with Gasteiger partial charge in [0.15, 0.2) is 0 Å². The highest BCUT2D eigenvalue weighted by molar-refractivity contribution is 6.33. The number of phenolic OH excluding ortho intramolecular Hbond substituents is 1. The van der Waals surface area contributed by atoms with E-state index in [0.29, 0.717) is 27.9 Å². The number of carbonyl (C=O) groups is 1. The van der Waals surface area contributed by atoms with Crippen molar-refractivity contribution >= 4 is 45.3 Å². The number of fused-ring (bicyclic) bond motifs is 1. The number of anilines is 2. The van der Waals surface area contributed by atoms with Gasteiger partial charge in [-0.05, 0) is 28.9 Å². The molecule has 3 N–H and O–H groups in total. The number of nitroso groups, excluding NO2 is 1. The van der Waals surface area contributed by atoms with Crippen molar-refractivity contribution in [1.29, 1.82) is 0 Å². The Hall–Kier alpha value is -3.90. The molecule has 0 spiro atoms. The zero-order chi connectivity index (χ0) is 22.5. The molecule has 1 atom stereocenters. The van der Waals surface area contributed by atoms with E-state index < -0.39 is 6.04 Å². The highest BCUT2D eigenvalue weighted by Gasteiger charge is 2.22. The van der Waals surface area contributed by atoms with Gasteiger partial charge in [-0.3, -0.25) is 4.79 Å². The molecule has 0 saturated heterocycles. The Morgan fingerprint density at radius 3 is 2.28 bits per heavy atom. The second-order valence-electron chi connectivity index (χ2n) is 7.28. The van der Waals surface area contributed by atoms with E-state index in [2.05, 4.69) is 15.8 Å². The first kappa shape index (κ1) is 21.3. The first-order valence-corrected chi connectivity index (χ1v) is 10.4. The third-order valence-electron chi connectivity index (χ3n) is 5.15. The minimum atomic E-state index is -0.764. The van der Waals surface area contributed by atoms with Crippen LogP contribution in [0, 0.1) is 4.91 Å². The van der Waals surface area contributed by atoms with E-state index in [1.165, 1.54) is 6.07 Å². The van der Waals surface area contributed by atoms with Crippen molar-refractivity contribution in [1.82, 2.24) is 0 Å². The molecular formula is C25H20ClN3O3. The van der Waals surface area contributed by atoms with E-state index in [1.807, 2.05) is 30.3 Å². The Kier molecular flexibility index (Phi) is 6.33. The molecule has 0 aliphatic carbocycles. The van der Waals surface area contributed by atoms with Crippen LogP contribution in [-0.4, -0.2) is 17.1 Å². The van der Waals surface area contributed by atoms with Gasteiger partial charge < -0.3 is 15.7 Å². The molecule has 0 aliphatic heterocycles. The highest BCUT2D eigenvalue weighted by Crippen LogP contribution is 2.39. The minimum Gasteiger partial charge on any atom is -0.505 e. The normalized spacial score (nSPS) is 11.7. The number of amides is 1. The maximum atomic E-state index is 13.2. The van der Waals surface area contributed by atoms with E-state index >= 15 is 0 Å². The van der Waals surface area contributed by atoms with Crippen molar-refractivity contribution in [2.75, 3.05) is 10.6 Å². The fourth-order valence-corrected chi connectivity index (χ4v) is 3.74. The Morgan fingerprint density at radius 1 is 0.906 bits per heavy atom. The third-order valence-corrected chi connectivity index (χ3v) is 5.48. The maximum absolute atomic E-state index is 13.2. The van der Waals surface area contributed by atoms with Gasteiger partial charge >= 0.3 is 0 Å². The van der Waals surface area contributed by atoms with Crippen LogP contribution in [0.5, 0.6) is 5.75 Å². The quantitative estimate of drug-likeness (QED) is 0.231. The third kappa shape index (κ3) is 4.55. The van der Waals surface area contributed by atoms with Gasteiger partial charge in [0.25, 0.3) is 0 Å². The summed E-state index contributed by atoms with van der Waals surface area (Å²) in [5.74, 6) is -0.397. The monoisotopic (exact) mass is 445 g/mol. The fourth-order valence-electron chi connectivity index (χ4n) is 3.56. The molecule has 4 aromatic rings. The predicted octanol–water partition coefficient (Wildman–Crippen LogP) is 6.26. The Balaban J connectivity index is 1.70. The van der Waals surface area contributed by atoms with Crippen molar-refractivity contribution in [2.24, 2.45) is 5.18 Å². The lowest BCUT2D eigenvalue weighted by atomic mass is 10.0. The van der Waals surface area contributed by atoms with Crippen LogP contribution in [0.3, 0.4) is 0 Å².